The summed E-state index contributed by atoms with van der Waals surface area (Å²) in [6, 6.07) is 22.2. The Morgan fingerprint density at radius 2 is 1.88 bits per heavy atom. The van der Waals surface area contributed by atoms with Crippen molar-refractivity contribution in [3.8, 4) is 6.07 Å². The second kappa shape index (κ2) is 7.90. The first kappa shape index (κ1) is 17.1. The van der Waals surface area contributed by atoms with E-state index in [2.05, 4.69) is 21.6 Å². The number of nitrogens with one attached hydrogen (secondary N) is 1. The van der Waals surface area contributed by atoms with Crippen molar-refractivity contribution in [3.05, 3.63) is 83.6 Å². The summed E-state index contributed by atoms with van der Waals surface area (Å²) < 4.78 is 0. The number of anilines is 2. The molecule has 0 bridgehead atoms. The van der Waals surface area contributed by atoms with Crippen LogP contribution in [0.2, 0.25) is 0 Å². The number of nitrogens with zero attached hydrogens (tertiary/aromatic N) is 4. The van der Waals surface area contributed by atoms with Crippen molar-refractivity contribution in [1.82, 2.24) is 15.1 Å². The highest BCUT2D eigenvalue weighted by molar-refractivity contribution is 5.92. The fourth-order valence-corrected chi connectivity index (χ4v) is 2.45. The highest BCUT2D eigenvalue weighted by atomic mass is 16.2. The molecule has 0 spiro atoms. The number of carbonyl (C=O) groups excluding carboxylic acids is 1. The Labute approximate surface area is 151 Å². The fourth-order valence-electron chi connectivity index (χ4n) is 2.45. The summed E-state index contributed by atoms with van der Waals surface area (Å²) >= 11 is 0. The minimum absolute atomic E-state index is 0.195. The van der Waals surface area contributed by atoms with Crippen molar-refractivity contribution in [1.29, 1.82) is 5.26 Å². The lowest BCUT2D eigenvalue weighted by Crippen LogP contribution is -2.27. The minimum Gasteiger partial charge on any atom is -0.339 e. The van der Waals surface area contributed by atoms with Crippen molar-refractivity contribution in [2.24, 2.45) is 0 Å². The molecule has 2 aromatic carbocycles. The van der Waals surface area contributed by atoms with E-state index in [1.165, 1.54) is 0 Å². The summed E-state index contributed by atoms with van der Waals surface area (Å²) in [5.41, 5.74) is 2.61. The van der Waals surface area contributed by atoms with Gasteiger partial charge in [0.25, 0.3) is 5.91 Å². The predicted octanol–water partition coefficient (Wildman–Crippen LogP) is 3.36. The monoisotopic (exact) mass is 343 g/mol. The van der Waals surface area contributed by atoms with Gasteiger partial charge in [-0.3, -0.25) is 4.79 Å². The van der Waals surface area contributed by atoms with Crippen LogP contribution in [0.15, 0.2) is 66.7 Å². The van der Waals surface area contributed by atoms with Crippen LogP contribution in [0.1, 0.15) is 21.6 Å². The van der Waals surface area contributed by atoms with E-state index in [0.717, 1.165) is 11.3 Å². The third-order valence-electron chi connectivity index (χ3n) is 3.76. The third-order valence-corrected chi connectivity index (χ3v) is 3.76. The first-order valence-corrected chi connectivity index (χ1v) is 8.06. The lowest BCUT2D eigenvalue weighted by Gasteiger charge is -2.16. The van der Waals surface area contributed by atoms with Gasteiger partial charge in [0.2, 0.25) is 0 Å². The molecule has 3 aromatic rings. The molecule has 0 saturated carbocycles. The molecule has 0 aliphatic rings. The van der Waals surface area contributed by atoms with Crippen molar-refractivity contribution >= 4 is 17.4 Å². The van der Waals surface area contributed by atoms with Gasteiger partial charge in [0.15, 0.2) is 11.5 Å². The molecular weight excluding hydrogens is 326 g/mol. The first-order valence-electron chi connectivity index (χ1n) is 8.06. The zero-order valence-electron chi connectivity index (χ0n) is 14.3. The zero-order valence-corrected chi connectivity index (χ0v) is 14.3. The fraction of sp³-hybridized carbons (Fsp3) is 0.100. The Morgan fingerprint density at radius 1 is 1.08 bits per heavy atom. The second-order valence-corrected chi connectivity index (χ2v) is 5.77. The van der Waals surface area contributed by atoms with Gasteiger partial charge in [0.05, 0.1) is 11.6 Å². The van der Waals surface area contributed by atoms with Gasteiger partial charge in [0.1, 0.15) is 0 Å². The Balaban J connectivity index is 1.66. The Kier molecular flexibility index (Phi) is 5.20. The molecule has 6 heteroatoms. The summed E-state index contributed by atoms with van der Waals surface area (Å²) in [5, 5.41) is 20.1. The molecule has 1 amide bonds. The van der Waals surface area contributed by atoms with E-state index in [-0.39, 0.29) is 11.6 Å². The lowest BCUT2D eigenvalue weighted by molar-refractivity contribution is 0.0778. The Bertz CT molecular complexity index is 932. The predicted molar refractivity (Wildman–Crippen MR) is 98.7 cm³/mol. The summed E-state index contributed by atoms with van der Waals surface area (Å²) in [7, 11) is 1.73. The molecule has 1 N–H and O–H groups in total. The van der Waals surface area contributed by atoms with Crippen LogP contribution < -0.4 is 5.32 Å². The average molecular weight is 343 g/mol. The molecule has 0 saturated heterocycles. The van der Waals surface area contributed by atoms with Crippen molar-refractivity contribution in [3.63, 3.8) is 0 Å². The minimum atomic E-state index is -0.195. The van der Waals surface area contributed by atoms with Gasteiger partial charge >= 0.3 is 0 Å². The topological polar surface area (TPSA) is 81.9 Å². The highest BCUT2D eigenvalue weighted by Crippen LogP contribution is 2.15. The van der Waals surface area contributed by atoms with Crippen LogP contribution in [-0.4, -0.2) is 28.1 Å². The molecule has 3 rings (SSSR count). The number of hydrogen-bond acceptors (Lipinski definition) is 5. The Hall–Kier alpha value is -3.72. The molecule has 1 heterocycles. The van der Waals surface area contributed by atoms with Gasteiger partial charge in [-0.15, -0.1) is 10.2 Å². The number of benzene rings is 2. The van der Waals surface area contributed by atoms with Crippen LogP contribution in [0.25, 0.3) is 0 Å². The van der Waals surface area contributed by atoms with E-state index >= 15 is 0 Å². The highest BCUT2D eigenvalue weighted by Gasteiger charge is 2.14. The van der Waals surface area contributed by atoms with E-state index in [4.69, 9.17) is 5.26 Å². The van der Waals surface area contributed by atoms with Crippen molar-refractivity contribution in [2.75, 3.05) is 12.4 Å². The summed E-state index contributed by atoms with van der Waals surface area (Å²) in [4.78, 5) is 14.1. The van der Waals surface area contributed by atoms with Crippen molar-refractivity contribution < 1.29 is 4.79 Å². The smallest absolute Gasteiger partial charge is 0.274 e. The van der Waals surface area contributed by atoms with Gasteiger partial charge in [-0.2, -0.15) is 5.26 Å². The molecule has 0 radical (unpaired) electrons. The average Bonchev–Trinajstić information content (AvgIpc) is 2.69. The van der Waals surface area contributed by atoms with Crippen LogP contribution in [0.3, 0.4) is 0 Å². The van der Waals surface area contributed by atoms with Crippen LogP contribution in [0.4, 0.5) is 11.5 Å². The number of hydrogen-bond donors (Lipinski definition) is 1. The summed E-state index contributed by atoms with van der Waals surface area (Å²) in [6.45, 7) is 0.502. The normalized spacial score (nSPS) is 10.0. The van der Waals surface area contributed by atoms with Gasteiger partial charge < -0.3 is 10.2 Å². The molecule has 1 aromatic heterocycles. The lowest BCUT2D eigenvalue weighted by atomic mass is 10.2. The van der Waals surface area contributed by atoms with E-state index in [1.54, 1.807) is 42.3 Å². The molecule has 0 aliphatic heterocycles. The van der Waals surface area contributed by atoms with Gasteiger partial charge in [-0.25, -0.2) is 0 Å². The number of amides is 1. The summed E-state index contributed by atoms with van der Waals surface area (Å²) in [6.07, 6.45) is 0. The molecule has 128 valence electrons. The third kappa shape index (κ3) is 4.22. The van der Waals surface area contributed by atoms with E-state index in [0.29, 0.717) is 17.9 Å². The van der Waals surface area contributed by atoms with Gasteiger partial charge in [-0.05, 0) is 35.9 Å². The van der Waals surface area contributed by atoms with E-state index in [1.807, 2.05) is 36.4 Å². The standard InChI is InChI=1S/C20H17N5O/c1-25(14-15-6-3-2-4-7-15)20(26)18-10-11-19(24-23-18)22-17-9-5-8-16(12-17)13-21/h2-12H,14H2,1H3,(H,22,24). The van der Waals surface area contributed by atoms with Crippen LogP contribution in [0.5, 0.6) is 0 Å². The zero-order chi connectivity index (χ0) is 18.4. The molecule has 0 unspecified atom stereocenters. The molecule has 0 fully saturated rings. The maximum absolute atomic E-state index is 12.5. The SMILES string of the molecule is CN(Cc1ccccc1)C(=O)c1ccc(Nc2cccc(C#N)c2)nn1. The van der Waals surface area contributed by atoms with Crippen LogP contribution >= 0.6 is 0 Å². The molecular formula is C20H17N5O. The molecule has 6 nitrogen and oxygen atoms in total. The number of rotatable bonds is 5. The number of nitriles is 1. The van der Waals surface area contributed by atoms with Gasteiger partial charge in [-0.1, -0.05) is 36.4 Å². The van der Waals surface area contributed by atoms with Crippen LogP contribution in [0, 0.1) is 11.3 Å². The molecule has 0 atom stereocenters. The first-order chi connectivity index (χ1) is 12.7. The van der Waals surface area contributed by atoms with Crippen molar-refractivity contribution in [2.45, 2.75) is 6.54 Å². The number of aromatic nitrogens is 2. The van der Waals surface area contributed by atoms with E-state index < -0.39 is 0 Å². The Morgan fingerprint density at radius 3 is 2.58 bits per heavy atom. The maximum Gasteiger partial charge on any atom is 0.274 e. The van der Waals surface area contributed by atoms with Gasteiger partial charge in [0, 0.05) is 19.3 Å². The quantitative estimate of drug-likeness (QED) is 0.768. The van der Waals surface area contributed by atoms with E-state index in [9.17, 15) is 4.79 Å². The molecule has 26 heavy (non-hydrogen) atoms. The number of carbonyl (C=O) groups is 1. The summed E-state index contributed by atoms with van der Waals surface area (Å²) in [5.74, 6) is 0.307. The molecule has 0 aliphatic carbocycles. The second-order valence-electron chi connectivity index (χ2n) is 5.77. The van der Waals surface area contributed by atoms with Crippen LogP contribution in [-0.2, 0) is 6.54 Å². The largest absolute Gasteiger partial charge is 0.339 e. The maximum atomic E-state index is 12.5.